The number of carbonyl (C=O) groups is 2. The topological polar surface area (TPSA) is 34.1 Å². The molecule has 0 spiro atoms. The summed E-state index contributed by atoms with van der Waals surface area (Å²) < 4.78 is 0. The summed E-state index contributed by atoms with van der Waals surface area (Å²) in [5.41, 5.74) is 2.91. The first-order chi connectivity index (χ1) is 9.63. The van der Waals surface area contributed by atoms with Crippen LogP contribution in [0.15, 0.2) is 18.2 Å². The van der Waals surface area contributed by atoms with Gasteiger partial charge in [-0.2, -0.15) is 0 Å². The Hall–Kier alpha value is -1.44. The predicted molar refractivity (Wildman–Crippen MR) is 81.1 cm³/mol. The van der Waals surface area contributed by atoms with Gasteiger partial charge in [0.1, 0.15) is 5.78 Å². The van der Waals surface area contributed by atoms with Crippen molar-refractivity contribution in [3.8, 4) is 0 Å². The van der Waals surface area contributed by atoms with E-state index in [0.717, 1.165) is 29.5 Å². The lowest BCUT2D eigenvalue weighted by molar-refractivity contribution is -0.121. The first-order valence-electron chi connectivity index (χ1n) is 7.80. The lowest BCUT2D eigenvalue weighted by atomic mass is 9.95. The fraction of sp³-hybridized carbons (Fsp3) is 0.556. The third kappa shape index (κ3) is 3.36. The van der Waals surface area contributed by atoms with Crippen molar-refractivity contribution < 1.29 is 9.59 Å². The fourth-order valence-corrected chi connectivity index (χ4v) is 2.94. The highest BCUT2D eigenvalue weighted by atomic mass is 16.2. The molecule has 2 heteroatoms. The van der Waals surface area contributed by atoms with Crippen molar-refractivity contribution in [1.29, 1.82) is 0 Å². The average Bonchev–Trinajstić information content (AvgIpc) is 2.76. The Labute approximate surface area is 121 Å². The van der Waals surface area contributed by atoms with Gasteiger partial charge in [0, 0.05) is 12.0 Å². The molecular weight excluding hydrogens is 248 g/mol. The van der Waals surface area contributed by atoms with Gasteiger partial charge >= 0.3 is 0 Å². The molecule has 0 fully saturated rings. The van der Waals surface area contributed by atoms with Crippen LogP contribution in [0.5, 0.6) is 0 Å². The van der Waals surface area contributed by atoms with Crippen molar-refractivity contribution in [2.45, 2.75) is 58.8 Å². The van der Waals surface area contributed by atoms with Crippen molar-refractivity contribution in [3.63, 3.8) is 0 Å². The molecule has 1 unspecified atom stereocenters. The van der Waals surface area contributed by atoms with E-state index in [1.807, 2.05) is 25.1 Å². The number of unbranched alkanes of at least 4 members (excludes halogenated alkanes) is 4. The molecule has 1 aliphatic rings. The number of Topliss-reactive ketones (excluding diaryl/α,β-unsaturated/α-hetero) is 2. The fourth-order valence-electron chi connectivity index (χ4n) is 2.94. The van der Waals surface area contributed by atoms with Crippen LogP contribution in [0, 0.1) is 12.8 Å². The number of fused-ring (bicyclic) bond motifs is 1. The second-order valence-corrected chi connectivity index (χ2v) is 5.91. The Kier molecular flexibility index (Phi) is 5.11. The minimum absolute atomic E-state index is 0.0438. The molecule has 0 aromatic heterocycles. The molecule has 1 aromatic carbocycles. The van der Waals surface area contributed by atoms with Gasteiger partial charge < -0.3 is 0 Å². The van der Waals surface area contributed by atoms with E-state index in [0.29, 0.717) is 12.8 Å². The van der Waals surface area contributed by atoms with Gasteiger partial charge in [0.15, 0.2) is 5.78 Å². The lowest BCUT2D eigenvalue weighted by Gasteiger charge is -2.06. The smallest absolute Gasteiger partial charge is 0.173 e. The molecule has 0 saturated heterocycles. The number of hydrogen-bond donors (Lipinski definition) is 0. The van der Waals surface area contributed by atoms with Gasteiger partial charge in [-0.1, -0.05) is 50.3 Å². The van der Waals surface area contributed by atoms with Crippen LogP contribution in [0.4, 0.5) is 0 Å². The Morgan fingerprint density at radius 3 is 2.70 bits per heavy atom. The summed E-state index contributed by atoms with van der Waals surface area (Å²) in [4.78, 5) is 24.5. The maximum absolute atomic E-state index is 12.3. The van der Waals surface area contributed by atoms with Crippen LogP contribution in [-0.4, -0.2) is 11.6 Å². The summed E-state index contributed by atoms with van der Waals surface area (Å²) in [5.74, 6) is -0.222. The van der Waals surface area contributed by atoms with E-state index in [-0.39, 0.29) is 11.6 Å². The van der Waals surface area contributed by atoms with Crippen molar-refractivity contribution >= 4 is 11.6 Å². The van der Waals surface area contributed by atoms with Gasteiger partial charge in [0.25, 0.3) is 0 Å². The molecule has 1 atom stereocenters. The van der Waals surface area contributed by atoms with Gasteiger partial charge in [0.2, 0.25) is 0 Å². The average molecular weight is 272 g/mol. The number of rotatable bonds is 7. The molecule has 2 rings (SSSR count). The number of ketones is 2. The zero-order valence-corrected chi connectivity index (χ0v) is 12.6. The van der Waals surface area contributed by atoms with E-state index in [9.17, 15) is 9.59 Å². The Morgan fingerprint density at radius 1 is 1.20 bits per heavy atom. The Bertz CT molecular complexity index is 502. The molecule has 0 saturated carbocycles. The minimum Gasteiger partial charge on any atom is -0.299 e. The van der Waals surface area contributed by atoms with Gasteiger partial charge in [-0.15, -0.1) is 0 Å². The molecule has 108 valence electrons. The molecule has 1 aromatic rings. The zero-order chi connectivity index (χ0) is 14.5. The van der Waals surface area contributed by atoms with E-state index in [4.69, 9.17) is 0 Å². The highest BCUT2D eigenvalue weighted by molar-refractivity contribution is 6.14. The molecule has 20 heavy (non-hydrogen) atoms. The molecule has 0 N–H and O–H groups in total. The maximum atomic E-state index is 12.3. The predicted octanol–water partition coefficient (Wildman–Crippen LogP) is 4.28. The van der Waals surface area contributed by atoms with Crippen LogP contribution >= 0.6 is 0 Å². The molecule has 0 radical (unpaired) electrons. The molecule has 0 heterocycles. The lowest BCUT2D eigenvalue weighted by Crippen LogP contribution is -2.20. The van der Waals surface area contributed by atoms with Crippen molar-refractivity contribution in [3.05, 3.63) is 34.9 Å². The number of aryl methyl sites for hydroxylation is 1. The highest BCUT2D eigenvalue weighted by Crippen LogP contribution is 2.29. The summed E-state index contributed by atoms with van der Waals surface area (Å²) in [6.45, 7) is 4.16. The van der Waals surface area contributed by atoms with E-state index in [1.165, 1.54) is 19.3 Å². The van der Waals surface area contributed by atoms with E-state index in [1.54, 1.807) is 0 Å². The number of benzene rings is 1. The quantitative estimate of drug-likeness (QED) is 0.548. The van der Waals surface area contributed by atoms with Gasteiger partial charge in [-0.25, -0.2) is 0 Å². The second kappa shape index (κ2) is 6.83. The normalized spacial score (nSPS) is 17.3. The second-order valence-electron chi connectivity index (χ2n) is 5.91. The minimum atomic E-state index is -0.405. The van der Waals surface area contributed by atoms with Crippen molar-refractivity contribution in [1.82, 2.24) is 0 Å². The van der Waals surface area contributed by atoms with Crippen LogP contribution in [0.1, 0.15) is 66.9 Å². The monoisotopic (exact) mass is 272 g/mol. The van der Waals surface area contributed by atoms with Crippen molar-refractivity contribution in [2.24, 2.45) is 5.92 Å². The summed E-state index contributed by atoms with van der Waals surface area (Å²) in [6.07, 6.45) is 6.85. The first-order valence-corrected chi connectivity index (χ1v) is 7.80. The molecule has 0 amide bonds. The third-order valence-electron chi connectivity index (χ3n) is 4.19. The molecule has 0 aliphatic heterocycles. The summed E-state index contributed by atoms with van der Waals surface area (Å²) in [5, 5.41) is 0. The Balaban J connectivity index is 1.89. The van der Waals surface area contributed by atoms with E-state index in [2.05, 4.69) is 6.92 Å². The van der Waals surface area contributed by atoms with Crippen LogP contribution in [-0.2, 0) is 11.2 Å². The first kappa shape index (κ1) is 15.0. The van der Waals surface area contributed by atoms with Gasteiger partial charge in [-0.3, -0.25) is 9.59 Å². The molecule has 1 aliphatic carbocycles. The SMILES string of the molecule is CCCCCCCC(=O)C1Cc2ccc(C)cc2C1=O. The van der Waals surface area contributed by atoms with Crippen LogP contribution in [0.2, 0.25) is 0 Å². The zero-order valence-electron chi connectivity index (χ0n) is 12.6. The van der Waals surface area contributed by atoms with Gasteiger partial charge in [0.05, 0.1) is 5.92 Å². The molecular formula is C18H24O2. The van der Waals surface area contributed by atoms with Gasteiger partial charge in [-0.05, 0) is 31.4 Å². The number of carbonyl (C=O) groups excluding carboxylic acids is 2. The highest BCUT2D eigenvalue weighted by Gasteiger charge is 2.34. The van der Waals surface area contributed by atoms with Crippen LogP contribution < -0.4 is 0 Å². The molecule has 2 nitrogen and oxygen atoms in total. The summed E-state index contributed by atoms with van der Waals surface area (Å²) in [7, 11) is 0. The van der Waals surface area contributed by atoms with Crippen LogP contribution in [0.3, 0.4) is 0 Å². The van der Waals surface area contributed by atoms with E-state index >= 15 is 0 Å². The molecule has 0 bridgehead atoms. The largest absolute Gasteiger partial charge is 0.299 e. The Morgan fingerprint density at radius 2 is 1.95 bits per heavy atom. The summed E-state index contributed by atoms with van der Waals surface area (Å²) >= 11 is 0. The standard InChI is InChI=1S/C18H24O2/c1-3-4-5-6-7-8-17(19)16-12-14-10-9-13(2)11-15(14)18(16)20/h9-11,16H,3-8,12H2,1-2H3. The van der Waals surface area contributed by atoms with E-state index < -0.39 is 5.92 Å². The number of hydrogen-bond acceptors (Lipinski definition) is 2. The maximum Gasteiger partial charge on any atom is 0.173 e. The summed E-state index contributed by atoms with van der Waals surface area (Å²) in [6, 6.07) is 5.94. The van der Waals surface area contributed by atoms with Crippen LogP contribution in [0.25, 0.3) is 0 Å². The third-order valence-corrected chi connectivity index (χ3v) is 4.19. The van der Waals surface area contributed by atoms with Crippen molar-refractivity contribution in [2.75, 3.05) is 0 Å².